The number of nitrogens with two attached hydrogens (primary N) is 2. The van der Waals surface area contributed by atoms with Crippen molar-refractivity contribution in [3.63, 3.8) is 0 Å². The molecule has 2 fully saturated rings. The molecule has 17 nitrogen and oxygen atoms in total. The number of carboxylic acids is 1. The number of aliphatic imine (C=N–C) groups is 1. The molecule has 4 atom stereocenters. The first-order chi connectivity index (χ1) is 17.1. The highest BCUT2D eigenvalue weighted by atomic mass is 16.4. The highest BCUT2D eigenvalue weighted by molar-refractivity contribution is 5.94. The maximum atomic E-state index is 13.2. The van der Waals surface area contributed by atoms with E-state index in [1.165, 1.54) is 0 Å². The van der Waals surface area contributed by atoms with Crippen LogP contribution in [0, 0.1) is 0 Å². The monoisotopic (exact) mass is 509 g/mol. The summed E-state index contributed by atoms with van der Waals surface area (Å²) in [4.78, 5) is 70.5. The predicted octanol–water partition coefficient (Wildman–Crippen LogP) is -3.52. The van der Waals surface area contributed by atoms with E-state index in [4.69, 9.17) is 22.1 Å². The highest BCUT2D eigenvalue weighted by Crippen LogP contribution is 2.19. The van der Waals surface area contributed by atoms with Gasteiger partial charge in [0.25, 0.3) is 0 Å². The Balaban J connectivity index is 2.28. The molecule has 0 saturated carbocycles. The Morgan fingerprint density at radius 1 is 1.08 bits per heavy atom. The number of likely N-dealkylation sites (tertiary alicyclic amines) is 1. The Hall–Kier alpha value is -4.11. The second-order valence-electron chi connectivity index (χ2n) is 8.35. The van der Waals surface area contributed by atoms with Gasteiger partial charge in [0.15, 0.2) is 5.96 Å². The van der Waals surface area contributed by atoms with E-state index in [-0.39, 0.29) is 45.0 Å². The minimum Gasteiger partial charge on any atom is -0.481 e. The van der Waals surface area contributed by atoms with Gasteiger partial charge in [0.1, 0.15) is 12.1 Å². The van der Waals surface area contributed by atoms with Crippen molar-refractivity contribution in [1.82, 2.24) is 26.2 Å². The topological polar surface area (TPSA) is 270 Å². The minimum absolute atomic E-state index is 0.0705. The molecule has 0 aromatic carbocycles. The zero-order chi connectivity index (χ0) is 26.7. The molecular weight excluding hydrogens is 478 g/mol. The number of nitrogens with zero attached hydrogens (tertiary/aromatic N) is 5. The molecule has 9 N–H and O–H groups in total. The van der Waals surface area contributed by atoms with Crippen molar-refractivity contribution < 1.29 is 29.1 Å². The number of aliphatic carboxylic acids is 1. The molecule has 0 aliphatic carbocycles. The van der Waals surface area contributed by atoms with Crippen molar-refractivity contribution in [2.24, 2.45) is 21.6 Å². The number of hydrogen-bond acceptors (Lipinski definition) is 8. The van der Waals surface area contributed by atoms with Gasteiger partial charge in [0, 0.05) is 37.1 Å². The van der Waals surface area contributed by atoms with Crippen LogP contribution in [0.4, 0.5) is 0 Å². The zero-order valence-electron chi connectivity index (χ0n) is 19.6. The van der Waals surface area contributed by atoms with Crippen molar-refractivity contribution in [2.75, 3.05) is 32.7 Å². The molecule has 2 aliphatic heterocycles. The second kappa shape index (κ2) is 13.7. The molecule has 0 radical (unpaired) electrons. The summed E-state index contributed by atoms with van der Waals surface area (Å²) in [6, 6.07) is -3.70. The summed E-state index contributed by atoms with van der Waals surface area (Å²) >= 11 is 0. The predicted molar refractivity (Wildman–Crippen MR) is 125 cm³/mol. The first-order valence-corrected chi connectivity index (χ1v) is 11.3. The fourth-order valence-electron chi connectivity index (χ4n) is 4.01. The normalized spacial score (nSPS) is 25.3. The first-order valence-electron chi connectivity index (χ1n) is 11.3. The molecule has 2 saturated heterocycles. The standard InChI is InChI=1S/C19H31N11O6/c20-19(21)23-3-1-2-11-16(34)24-8-14(31)27-12(7-15(32)33)17(35)26-10-6-13(18(36)28-11)30(9-10)5-4-25-29-22/h10-13H,1-9H2,(H,24,34)(H,26,35)(H,27,31)(H,28,36)(H,32,33)(H4,20,21,23)/t10-,11?,12-,13-/m0/s1. The fraction of sp³-hybridized carbons (Fsp3) is 0.684. The molecule has 0 aromatic heterocycles. The average molecular weight is 510 g/mol. The van der Waals surface area contributed by atoms with E-state index in [1.54, 1.807) is 4.90 Å². The lowest BCUT2D eigenvalue weighted by atomic mass is 10.1. The van der Waals surface area contributed by atoms with Crippen LogP contribution in [-0.2, 0) is 24.0 Å². The smallest absolute Gasteiger partial charge is 0.305 e. The number of azide groups is 1. The molecule has 4 amide bonds. The lowest BCUT2D eigenvalue weighted by Gasteiger charge is -2.25. The van der Waals surface area contributed by atoms with E-state index in [0.717, 1.165) is 0 Å². The van der Waals surface area contributed by atoms with Crippen molar-refractivity contribution in [2.45, 2.75) is 49.9 Å². The molecule has 2 bridgehead atoms. The Morgan fingerprint density at radius 3 is 2.50 bits per heavy atom. The van der Waals surface area contributed by atoms with Gasteiger partial charge in [0.2, 0.25) is 23.6 Å². The van der Waals surface area contributed by atoms with Gasteiger partial charge in [-0.2, -0.15) is 0 Å². The molecule has 198 valence electrons. The Kier molecular flexibility index (Phi) is 10.7. The van der Waals surface area contributed by atoms with E-state index >= 15 is 0 Å². The number of nitrogens with one attached hydrogen (secondary N) is 4. The van der Waals surface area contributed by atoms with Crippen molar-refractivity contribution in [3.8, 4) is 0 Å². The quantitative estimate of drug-likeness (QED) is 0.0404. The van der Waals surface area contributed by atoms with E-state index in [1.807, 2.05) is 0 Å². The van der Waals surface area contributed by atoms with Gasteiger partial charge >= 0.3 is 5.97 Å². The van der Waals surface area contributed by atoms with Crippen LogP contribution in [0.25, 0.3) is 10.4 Å². The van der Waals surface area contributed by atoms with Crippen LogP contribution in [-0.4, -0.2) is 102 Å². The minimum atomic E-state index is -1.38. The zero-order valence-corrected chi connectivity index (χ0v) is 19.6. The maximum absolute atomic E-state index is 13.2. The van der Waals surface area contributed by atoms with Crippen LogP contribution in [0.1, 0.15) is 25.7 Å². The Bertz CT molecular complexity index is 931. The number of fused-ring (bicyclic) bond motifs is 2. The molecule has 2 rings (SSSR count). The molecule has 2 aliphatic rings. The number of amides is 4. The summed E-state index contributed by atoms with van der Waals surface area (Å²) in [7, 11) is 0. The molecule has 17 heteroatoms. The number of carbonyl (C=O) groups excluding carboxylic acids is 4. The van der Waals surface area contributed by atoms with Crippen LogP contribution in [0.5, 0.6) is 0 Å². The van der Waals surface area contributed by atoms with E-state index < -0.39 is 66.7 Å². The average Bonchev–Trinajstić information content (AvgIpc) is 3.20. The van der Waals surface area contributed by atoms with Gasteiger partial charge in [-0.25, -0.2) is 0 Å². The number of carboxylic acid groups (broad SMARTS) is 1. The van der Waals surface area contributed by atoms with Gasteiger partial charge < -0.3 is 37.8 Å². The maximum Gasteiger partial charge on any atom is 0.305 e. The molecule has 2 heterocycles. The van der Waals surface area contributed by atoms with Gasteiger partial charge in [-0.1, -0.05) is 5.11 Å². The third-order valence-electron chi connectivity index (χ3n) is 5.63. The van der Waals surface area contributed by atoms with Crippen LogP contribution >= 0.6 is 0 Å². The Labute approximate surface area is 206 Å². The lowest BCUT2D eigenvalue weighted by Crippen LogP contribution is -2.55. The summed E-state index contributed by atoms with van der Waals surface area (Å²) in [6.45, 7) is 0.176. The number of guanidine groups is 1. The van der Waals surface area contributed by atoms with Crippen molar-refractivity contribution in [3.05, 3.63) is 10.4 Å². The summed E-state index contributed by atoms with van der Waals surface area (Å²) in [5.74, 6) is -4.05. The molecule has 0 aromatic rings. The van der Waals surface area contributed by atoms with Gasteiger partial charge in [-0.3, -0.25) is 33.9 Å². The van der Waals surface area contributed by atoms with Gasteiger partial charge in [-0.05, 0) is 24.8 Å². The molecular formula is C19H31N11O6. The summed E-state index contributed by atoms with van der Waals surface area (Å²) < 4.78 is 0. The summed E-state index contributed by atoms with van der Waals surface area (Å²) in [6.07, 6.45) is 0.0103. The summed E-state index contributed by atoms with van der Waals surface area (Å²) in [5.41, 5.74) is 19.2. The second-order valence-corrected chi connectivity index (χ2v) is 8.35. The third kappa shape index (κ3) is 8.92. The van der Waals surface area contributed by atoms with Crippen LogP contribution in [0.2, 0.25) is 0 Å². The number of carbonyl (C=O) groups is 5. The molecule has 0 spiro atoms. The fourth-order valence-corrected chi connectivity index (χ4v) is 4.01. The van der Waals surface area contributed by atoms with Crippen LogP contribution < -0.4 is 32.7 Å². The van der Waals surface area contributed by atoms with E-state index in [0.29, 0.717) is 6.42 Å². The molecule has 36 heavy (non-hydrogen) atoms. The first kappa shape index (κ1) is 28.1. The Morgan fingerprint density at radius 2 is 1.83 bits per heavy atom. The SMILES string of the molecule is [N-]=[N+]=NCCN1C[C@@H]2C[C@H]1C(=O)NC(CCCN=C(N)N)C(=O)NCC(=O)N[C@@H](CC(=O)O)C(=O)N2. The highest BCUT2D eigenvalue weighted by Gasteiger charge is 2.39. The largest absolute Gasteiger partial charge is 0.481 e. The lowest BCUT2D eigenvalue weighted by molar-refractivity contribution is -0.141. The number of rotatable bonds is 9. The third-order valence-corrected chi connectivity index (χ3v) is 5.63. The van der Waals surface area contributed by atoms with Crippen molar-refractivity contribution in [1.29, 1.82) is 0 Å². The molecule has 1 unspecified atom stereocenters. The van der Waals surface area contributed by atoms with Crippen LogP contribution in [0.15, 0.2) is 10.1 Å². The van der Waals surface area contributed by atoms with E-state index in [2.05, 4.69) is 36.3 Å². The summed E-state index contributed by atoms with van der Waals surface area (Å²) in [5, 5.41) is 22.7. The van der Waals surface area contributed by atoms with Crippen molar-refractivity contribution >= 4 is 35.6 Å². The van der Waals surface area contributed by atoms with Gasteiger partial charge in [-0.15, -0.1) is 0 Å². The van der Waals surface area contributed by atoms with Gasteiger partial charge in [0.05, 0.1) is 19.0 Å². The van der Waals surface area contributed by atoms with E-state index in [9.17, 15) is 24.0 Å². The number of hydrogen-bond donors (Lipinski definition) is 7. The van der Waals surface area contributed by atoms with Crippen LogP contribution in [0.3, 0.4) is 0 Å².